The molecule has 2 aromatic carbocycles. The van der Waals surface area contributed by atoms with Gasteiger partial charge in [0.15, 0.2) is 6.23 Å². The number of methoxy groups -OCH3 is 1. The number of hydrogen-bond donors (Lipinski definition) is 0. The highest BCUT2D eigenvalue weighted by atomic mass is 79.9. The molecule has 0 aliphatic carbocycles. The molecule has 0 saturated heterocycles. The lowest BCUT2D eigenvalue weighted by atomic mass is 9.96. The number of benzene rings is 2. The minimum Gasteiger partial charge on any atom is -0.497 e. The molecule has 4 rings (SSSR count). The summed E-state index contributed by atoms with van der Waals surface area (Å²) < 4.78 is 12.6. The van der Waals surface area contributed by atoms with Crippen LogP contribution in [0.5, 0.6) is 11.5 Å². The second-order valence-electron chi connectivity index (χ2n) is 6.42. The third-order valence-electron chi connectivity index (χ3n) is 4.79. The van der Waals surface area contributed by atoms with Crippen molar-refractivity contribution in [1.29, 1.82) is 0 Å². The summed E-state index contributed by atoms with van der Waals surface area (Å²) in [6.45, 7) is 2.18. The van der Waals surface area contributed by atoms with Gasteiger partial charge in [-0.05, 0) is 48.0 Å². The van der Waals surface area contributed by atoms with Crippen LogP contribution in [-0.2, 0) is 0 Å². The van der Waals surface area contributed by atoms with E-state index in [-0.39, 0.29) is 12.3 Å². The fraction of sp³-hybridized carbons (Fsp3) is 0.350. The summed E-state index contributed by atoms with van der Waals surface area (Å²) in [5, 5.41) is 7.08. The molecule has 2 atom stereocenters. The van der Waals surface area contributed by atoms with Gasteiger partial charge >= 0.3 is 0 Å². The van der Waals surface area contributed by atoms with Gasteiger partial charge in [0.25, 0.3) is 0 Å². The molecule has 0 unspecified atom stereocenters. The molecule has 0 bridgehead atoms. The maximum Gasteiger partial charge on any atom is 0.187 e. The van der Waals surface area contributed by atoms with Crippen LogP contribution in [-0.4, -0.2) is 24.1 Å². The molecule has 0 amide bonds. The normalized spacial score (nSPS) is 21.2. The van der Waals surface area contributed by atoms with Gasteiger partial charge in [-0.1, -0.05) is 29.3 Å². The molecule has 2 aliphatic rings. The minimum atomic E-state index is -0.000533. The molecule has 130 valence electrons. The molecular weight excluding hydrogens is 380 g/mol. The lowest BCUT2D eigenvalue weighted by molar-refractivity contribution is -0.0223. The second-order valence-corrected chi connectivity index (χ2v) is 7.33. The Morgan fingerprint density at radius 3 is 2.76 bits per heavy atom. The van der Waals surface area contributed by atoms with Crippen LogP contribution in [0.2, 0.25) is 0 Å². The van der Waals surface area contributed by atoms with Crippen LogP contribution < -0.4 is 9.47 Å². The lowest BCUT2D eigenvalue weighted by Crippen LogP contribution is -2.40. The zero-order valence-corrected chi connectivity index (χ0v) is 16.0. The average Bonchev–Trinajstić information content (AvgIpc) is 3.08. The summed E-state index contributed by atoms with van der Waals surface area (Å²) in [5.41, 5.74) is 3.45. The Labute approximate surface area is 156 Å². The minimum absolute atomic E-state index is 0.000533. The Balaban J connectivity index is 1.69. The molecular formula is C20H21BrN2O2. The highest BCUT2D eigenvalue weighted by Crippen LogP contribution is 2.44. The fourth-order valence-corrected chi connectivity index (χ4v) is 3.91. The summed E-state index contributed by atoms with van der Waals surface area (Å²) in [6.07, 6.45) is 2.91. The Morgan fingerprint density at radius 2 is 2.04 bits per heavy atom. The van der Waals surface area contributed by atoms with E-state index in [0.29, 0.717) is 0 Å². The van der Waals surface area contributed by atoms with E-state index in [4.69, 9.17) is 14.6 Å². The van der Waals surface area contributed by atoms with Crippen LogP contribution in [0.25, 0.3) is 0 Å². The average molecular weight is 401 g/mol. The van der Waals surface area contributed by atoms with Gasteiger partial charge in [0.1, 0.15) is 11.5 Å². The van der Waals surface area contributed by atoms with Crippen molar-refractivity contribution >= 4 is 21.6 Å². The number of hydrogen-bond acceptors (Lipinski definition) is 4. The molecule has 0 radical (unpaired) electrons. The number of ether oxygens (including phenoxy) is 2. The van der Waals surface area contributed by atoms with Crippen LogP contribution in [0.3, 0.4) is 0 Å². The molecule has 2 aliphatic heterocycles. The summed E-state index contributed by atoms with van der Waals surface area (Å²) in [6, 6.07) is 14.6. The maximum absolute atomic E-state index is 6.24. The van der Waals surface area contributed by atoms with Crippen molar-refractivity contribution in [3.8, 4) is 11.5 Å². The zero-order valence-electron chi connectivity index (χ0n) is 14.4. The van der Waals surface area contributed by atoms with Crippen LogP contribution >= 0.6 is 15.9 Å². The fourth-order valence-electron chi connectivity index (χ4n) is 3.53. The van der Waals surface area contributed by atoms with Crippen molar-refractivity contribution in [1.82, 2.24) is 5.01 Å². The maximum atomic E-state index is 6.24. The number of rotatable bonds is 4. The number of halogens is 1. The van der Waals surface area contributed by atoms with E-state index >= 15 is 0 Å². The van der Waals surface area contributed by atoms with Crippen molar-refractivity contribution in [3.05, 3.63) is 58.1 Å². The van der Waals surface area contributed by atoms with Crippen LogP contribution in [0, 0.1) is 0 Å². The van der Waals surface area contributed by atoms with Crippen molar-refractivity contribution in [3.63, 3.8) is 0 Å². The first kappa shape index (κ1) is 16.5. The Kier molecular flexibility index (Phi) is 4.42. The smallest absolute Gasteiger partial charge is 0.187 e. The van der Waals surface area contributed by atoms with Crippen molar-refractivity contribution in [2.45, 2.75) is 38.5 Å². The van der Waals surface area contributed by atoms with E-state index < -0.39 is 0 Å². The third-order valence-corrected chi connectivity index (χ3v) is 5.28. The number of hydrazone groups is 1. The van der Waals surface area contributed by atoms with E-state index in [9.17, 15) is 0 Å². The van der Waals surface area contributed by atoms with Crippen LogP contribution in [0.15, 0.2) is 52.0 Å². The lowest BCUT2D eigenvalue weighted by Gasteiger charge is -2.38. The molecule has 5 heteroatoms. The molecule has 2 heterocycles. The van der Waals surface area contributed by atoms with Gasteiger partial charge in [-0.3, -0.25) is 5.01 Å². The third kappa shape index (κ3) is 3.01. The van der Waals surface area contributed by atoms with Crippen molar-refractivity contribution < 1.29 is 9.47 Å². The molecule has 0 fully saturated rings. The van der Waals surface area contributed by atoms with Crippen molar-refractivity contribution in [2.24, 2.45) is 5.10 Å². The molecule has 0 aromatic heterocycles. The first-order valence-electron chi connectivity index (χ1n) is 8.66. The van der Waals surface area contributed by atoms with Gasteiger partial charge in [-0.15, -0.1) is 0 Å². The van der Waals surface area contributed by atoms with Gasteiger partial charge in [0, 0.05) is 22.9 Å². The van der Waals surface area contributed by atoms with Crippen molar-refractivity contribution in [2.75, 3.05) is 7.11 Å². The molecule has 2 aromatic rings. The first-order chi connectivity index (χ1) is 12.2. The summed E-state index contributed by atoms with van der Waals surface area (Å²) in [4.78, 5) is 0. The highest BCUT2D eigenvalue weighted by Gasteiger charge is 2.39. The Hall–Kier alpha value is -2.01. The topological polar surface area (TPSA) is 34.1 Å². The largest absolute Gasteiger partial charge is 0.497 e. The molecule has 0 spiro atoms. The number of nitrogens with zero attached hydrogens (tertiary/aromatic N) is 2. The standard InChI is InChI=1S/C20H21BrN2O2/c1-3-4-20-23-18(16-11-14(21)7-10-19(16)25-20)12-17(22-23)13-5-8-15(24-2)9-6-13/h5-11,18,20H,3-4,12H2,1-2H3/t18-,20+/m0/s1. The van der Waals surface area contributed by atoms with E-state index in [1.54, 1.807) is 7.11 Å². The predicted molar refractivity (Wildman–Crippen MR) is 102 cm³/mol. The van der Waals surface area contributed by atoms with Crippen LogP contribution in [0.1, 0.15) is 43.4 Å². The molecule has 4 nitrogen and oxygen atoms in total. The Morgan fingerprint density at radius 1 is 1.24 bits per heavy atom. The Bertz CT molecular complexity index is 804. The molecule has 0 saturated carbocycles. The molecule has 0 N–H and O–H groups in total. The predicted octanol–water partition coefficient (Wildman–Crippen LogP) is 5.13. The van der Waals surface area contributed by atoms with E-state index in [2.05, 4.69) is 52.1 Å². The summed E-state index contributed by atoms with van der Waals surface area (Å²) in [7, 11) is 1.68. The van der Waals surface area contributed by atoms with Gasteiger partial charge in [0.05, 0.1) is 18.9 Å². The zero-order chi connectivity index (χ0) is 17.4. The van der Waals surface area contributed by atoms with Gasteiger partial charge < -0.3 is 9.47 Å². The molecule has 25 heavy (non-hydrogen) atoms. The highest BCUT2D eigenvalue weighted by molar-refractivity contribution is 9.10. The van der Waals surface area contributed by atoms with Gasteiger partial charge in [0.2, 0.25) is 0 Å². The van der Waals surface area contributed by atoms with E-state index in [1.807, 2.05) is 18.2 Å². The monoisotopic (exact) mass is 400 g/mol. The van der Waals surface area contributed by atoms with Gasteiger partial charge in [-0.25, -0.2) is 0 Å². The quantitative estimate of drug-likeness (QED) is 0.713. The van der Waals surface area contributed by atoms with Crippen LogP contribution in [0.4, 0.5) is 0 Å². The van der Waals surface area contributed by atoms with E-state index in [1.165, 1.54) is 5.56 Å². The van der Waals surface area contributed by atoms with Gasteiger partial charge in [-0.2, -0.15) is 5.10 Å². The van der Waals surface area contributed by atoms with E-state index in [0.717, 1.165) is 46.5 Å². The summed E-state index contributed by atoms with van der Waals surface area (Å²) >= 11 is 3.58. The second kappa shape index (κ2) is 6.71. The first-order valence-corrected chi connectivity index (χ1v) is 9.45. The summed E-state index contributed by atoms with van der Waals surface area (Å²) in [5.74, 6) is 1.84. The SMILES string of the molecule is CCC[C@H]1Oc2ccc(Br)cc2[C@@H]2CC(c3ccc(OC)cc3)=NN12. The number of fused-ring (bicyclic) bond motifs is 3.